The molecule has 10 heteroatoms. The Morgan fingerprint density at radius 1 is 0.848 bits per heavy atom. The highest BCUT2D eigenvalue weighted by Gasteiger charge is 2.49. The molecule has 46 heavy (non-hydrogen) atoms. The fourth-order valence-corrected chi connectivity index (χ4v) is 11.8. The summed E-state index contributed by atoms with van der Waals surface area (Å²) in [4.78, 5) is 24.4. The number of amides is 1. The van der Waals surface area contributed by atoms with Crippen molar-refractivity contribution in [2.75, 3.05) is 6.61 Å². The van der Waals surface area contributed by atoms with Gasteiger partial charge in [-0.3, -0.25) is 0 Å². The molecule has 2 rings (SSSR count). The van der Waals surface area contributed by atoms with Gasteiger partial charge in [-0.05, 0) is 67.6 Å². The molecule has 4 atom stereocenters. The smallest absolute Gasteiger partial charge is 0.408 e. The molecule has 0 saturated carbocycles. The third kappa shape index (κ3) is 12.1. The minimum atomic E-state index is -2.46. The van der Waals surface area contributed by atoms with Crippen molar-refractivity contribution in [2.24, 2.45) is 0 Å². The van der Waals surface area contributed by atoms with E-state index >= 15 is 0 Å². The molecule has 0 aliphatic heterocycles. The van der Waals surface area contributed by atoms with Crippen LogP contribution in [-0.2, 0) is 36.5 Å². The summed E-state index contributed by atoms with van der Waals surface area (Å²) in [5, 5.41) is 12.3. The SMILES string of the molecule is CC(C)[Si](O[C@@H]([C@H](C)OCc1ccccc1)[C@@H](Cc1ccc(F)cc1)OCCC(NC(=O)OC(C)(C)C)C(=O)O)(C(C)C)C(C)C. The van der Waals surface area contributed by atoms with Crippen molar-refractivity contribution in [2.45, 2.75) is 135 Å². The van der Waals surface area contributed by atoms with Crippen molar-refractivity contribution in [3.63, 3.8) is 0 Å². The van der Waals surface area contributed by atoms with E-state index in [9.17, 15) is 19.1 Å². The van der Waals surface area contributed by atoms with E-state index in [1.54, 1.807) is 32.9 Å². The lowest BCUT2D eigenvalue weighted by Crippen LogP contribution is -2.56. The molecule has 0 saturated heterocycles. The number of hydrogen-bond donors (Lipinski definition) is 2. The number of aliphatic carboxylic acids is 1. The Balaban J connectivity index is 2.46. The number of halogens is 1. The molecule has 1 amide bonds. The molecule has 2 aromatic carbocycles. The first-order valence-corrected chi connectivity index (χ1v) is 18.5. The summed E-state index contributed by atoms with van der Waals surface area (Å²) in [7, 11) is -2.46. The number of benzene rings is 2. The van der Waals surface area contributed by atoms with Crippen LogP contribution in [-0.4, -0.2) is 62.0 Å². The average molecular weight is 662 g/mol. The molecule has 0 spiro atoms. The van der Waals surface area contributed by atoms with Crippen molar-refractivity contribution in [3.8, 4) is 0 Å². The number of carbonyl (C=O) groups excluding carboxylic acids is 1. The summed E-state index contributed by atoms with van der Waals surface area (Å²) in [6.07, 6.45) is -1.90. The summed E-state index contributed by atoms with van der Waals surface area (Å²) >= 11 is 0. The number of ether oxygens (including phenoxy) is 3. The number of carboxylic acid groups (broad SMARTS) is 1. The van der Waals surface area contributed by atoms with Crippen LogP contribution in [0.5, 0.6) is 0 Å². The van der Waals surface area contributed by atoms with Crippen LogP contribution >= 0.6 is 0 Å². The summed E-state index contributed by atoms with van der Waals surface area (Å²) in [5.74, 6) is -1.53. The van der Waals surface area contributed by atoms with Gasteiger partial charge in [-0.2, -0.15) is 0 Å². The first-order chi connectivity index (χ1) is 21.5. The second-order valence-electron chi connectivity index (χ2n) is 14.0. The Morgan fingerprint density at radius 2 is 1.41 bits per heavy atom. The van der Waals surface area contributed by atoms with Crippen molar-refractivity contribution in [1.29, 1.82) is 0 Å². The molecule has 0 aliphatic rings. The second kappa shape index (κ2) is 17.9. The standard InChI is InChI=1S/C36H56FNO7Si/c1-24(2)46(25(3)4,26(5)6)45-33(27(7)43-23-29-14-12-11-13-15-29)32(22-28-16-18-30(37)19-17-28)42-21-20-31(34(39)40)38-35(41)44-36(8,9)10/h11-19,24-27,31-33H,20-23H2,1-10H3,(H,38,41)(H,39,40)/t27-,31?,32+,33-/m0/s1. The number of alkyl carbamates (subject to hydrolysis) is 1. The number of rotatable bonds is 18. The van der Waals surface area contributed by atoms with Gasteiger partial charge < -0.3 is 29.1 Å². The largest absolute Gasteiger partial charge is 0.480 e. The van der Waals surface area contributed by atoms with Gasteiger partial charge in [-0.15, -0.1) is 0 Å². The third-order valence-corrected chi connectivity index (χ3v) is 14.4. The van der Waals surface area contributed by atoms with Gasteiger partial charge in [0.1, 0.15) is 17.5 Å². The molecule has 1 unspecified atom stereocenters. The predicted octanol–water partition coefficient (Wildman–Crippen LogP) is 8.29. The number of carboxylic acids is 1. The van der Waals surface area contributed by atoms with Crippen LogP contribution in [0, 0.1) is 5.82 Å². The zero-order valence-corrected chi connectivity index (χ0v) is 30.3. The van der Waals surface area contributed by atoms with Gasteiger partial charge in [-0.1, -0.05) is 84.0 Å². The molecule has 2 aromatic rings. The number of hydrogen-bond acceptors (Lipinski definition) is 6. The maximum absolute atomic E-state index is 13.9. The molecule has 0 radical (unpaired) electrons. The monoisotopic (exact) mass is 661 g/mol. The first kappa shape index (κ1) is 39.4. The number of nitrogens with one attached hydrogen (secondary N) is 1. The van der Waals surface area contributed by atoms with Gasteiger partial charge in [0.15, 0.2) is 0 Å². The van der Waals surface area contributed by atoms with Gasteiger partial charge in [0.2, 0.25) is 8.32 Å². The van der Waals surface area contributed by atoms with Crippen LogP contribution in [0.1, 0.15) is 86.8 Å². The molecule has 258 valence electrons. The highest BCUT2D eigenvalue weighted by molar-refractivity contribution is 6.77. The van der Waals surface area contributed by atoms with E-state index < -0.39 is 50.3 Å². The molecule has 0 aliphatic carbocycles. The van der Waals surface area contributed by atoms with Crippen LogP contribution in [0.25, 0.3) is 0 Å². The lowest BCUT2D eigenvalue weighted by atomic mass is 10.0. The molecular formula is C36H56FNO7Si. The van der Waals surface area contributed by atoms with Crippen molar-refractivity contribution < 1.29 is 37.7 Å². The van der Waals surface area contributed by atoms with Crippen LogP contribution in [0.2, 0.25) is 16.6 Å². The predicted molar refractivity (Wildman–Crippen MR) is 182 cm³/mol. The topological polar surface area (TPSA) is 103 Å². The molecule has 0 fully saturated rings. The van der Waals surface area contributed by atoms with Crippen LogP contribution in [0.4, 0.5) is 9.18 Å². The van der Waals surface area contributed by atoms with Crippen molar-refractivity contribution in [1.82, 2.24) is 5.32 Å². The summed E-state index contributed by atoms with van der Waals surface area (Å²) in [5.41, 5.74) is 1.97. The fourth-order valence-electron chi connectivity index (χ4n) is 6.18. The quantitative estimate of drug-likeness (QED) is 0.155. The van der Waals surface area contributed by atoms with E-state index in [0.717, 1.165) is 11.1 Å². The van der Waals surface area contributed by atoms with Gasteiger partial charge in [0.05, 0.1) is 24.9 Å². The number of carbonyl (C=O) groups is 2. The van der Waals surface area contributed by atoms with Crippen molar-refractivity contribution in [3.05, 3.63) is 71.5 Å². The van der Waals surface area contributed by atoms with Gasteiger partial charge in [-0.25, -0.2) is 14.0 Å². The van der Waals surface area contributed by atoms with E-state index in [-0.39, 0.29) is 35.5 Å². The normalized spacial score (nSPS) is 15.1. The first-order valence-electron chi connectivity index (χ1n) is 16.4. The maximum Gasteiger partial charge on any atom is 0.408 e. The summed E-state index contributed by atoms with van der Waals surface area (Å²) in [6, 6.07) is 15.0. The zero-order valence-electron chi connectivity index (χ0n) is 29.3. The highest BCUT2D eigenvalue weighted by Crippen LogP contribution is 2.44. The minimum absolute atomic E-state index is 0.00157. The van der Waals surface area contributed by atoms with E-state index in [2.05, 4.69) is 46.9 Å². The Kier molecular flexibility index (Phi) is 15.4. The molecule has 8 nitrogen and oxygen atoms in total. The van der Waals surface area contributed by atoms with Crippen molar-refractivity contribution >= 4 is 20.4 Å². The van der Waals surface area contributed by atoms with Gasteiger partial charge in [0, 0.05) is 19.4 Å². The van der Waals surface area contributed by atoms with Crippen LogP contribution in [0.3, 0.4) is 0 Å². The fraction of sp³-hybridized carbons (Fsp3) is 0.611. The molecule has 0 bridgehead atoms. The van der Waals surface area contributed by atoms with Crippen LogP contribution in [0.15, 0.2) is 54.6 Å². The summed E-state index contributed by atoms with van der Waals surface area (Å²) in [6.45, 7) is 20.8. The Hall–Kier alpha value is -2.79. The van der Waals surface area contributed by atoms with E-state index in [1.807, 2.05) is 37.3 Å². The average Bonchev–Trinajstić information content (AvgIpc) is 2.95. The maximum atomic E-state index is 13.9. The lowest BCUT2D eigenvalue weighted by molar-refractivity contribution is -0.141. The van der Waals surface area contributed by atoms with Crippen LogP contribution < -0.4 is 5.32 Å². The molecule has 2 N–H and O–H groups in total. The van der Waals surface area contributed by atoms with E-state index in [4.69, 9.17) is 18.6 Å². The summed E-state index contributed by atoms with van der Waals surface area (Å²) < 4.78 is 39.5. The Bertz CT molecular complexity index is 1180. The molecule has 0 aromatic heterocycles. The van der Waals surface area contributed by atoms with Gasteiger partial charge >= 0.3 is 12.1 Å². The second-order valence-corrected chi connectivity index (χ2v) is 19.4. The molecular weight excluding hydrogens is 605 g/mol. The van der Waals surface area contributed by atoms with E-state index in [0.29, 0.717) is 13.0 Å². The molecule has 0 heterocycles. The lowest BCUT2D eigenvalue weighted by Gasteiger charge is -2.47. The van der Waals surface area contributed by atoms with Gasteiger partial charge in [0.25, 0.3) is 0 Å². The zero-order chi connectivity index (χ0) is 34.7. The Labute approximate surface area is 276 Å². The Morgan fingerprint density at radius 3 is 1.91 bits per heavy atom. The minimum Gasteiger partial charge on any atom is -0.480 e. The third-order valence-electron chi connectivity index (χ3n) is 8.31. The van der Waals surface area contributed by atoms with E-state index in [1.165, 1.54) is 12.1 Å². The highest BCUT2D eigenvalue weighted by atomic mass is 28.4.